The number of rotatable bonds is 2. The van der Waals surface area contributed by atoms with Gasteiger partial charge >= 0.3 is 0 Å². The van der Waals surface area contributed by atoms with Gasteiger partial charge in [-0.15, -0.1) is 5.10 Å². The molecule has 7 heteroatoms. The van der Waals surface area contributed by atoms with Crippen LogP contribution in [-0.2, 0) is 15.4 Å². The first-order chi connectivity index (χ1) is 11.9. The largest absolute Gasteiger partial charge is 0.355 e. The molecule has 0 unspecified atom stereocenters. The smallest absolute Gasteiger partial charge is 0.232 e. The average Bonchev–Trinajstić information content (AvgIpc) is 2.92. The Morgan fingerprint density at radius 3 is 2.40 bits per heavy atom. The highest BCUT2D eigenvalue weighted by molar-refractivity contribution is 7.92. The van der Waals surface area contributed by atoms with Crippen molar-refractivity contribution in [2.24, 2.45) is 0 Å². The Labute approximate surface area is 148 Å². The molecule has 4 rings (SSSR count). The fraction of sp³-hybridized carbons (Fsp3) is 0.444. The average molecular weight is 358 g/mol. The molecule has 1 spiro atoms. The van der Waals surface area contributed by atoms with Crippen LogP contribution in [0.2, 0.25) is 0 Å². The lowest BCUT2D eigenvalue weighted by molar-refractivity contribution is 0.355. The summed E-state index contributed by atoms with van der Waals surface area (Å²) in [6.07, 6.45) is 3.11. The molecule has 0 N–H and O–H groups in total. The molecule has 1 fully saturated rings. The first-order valence-corrected chi connectivity index (χ1v) is 10.4. The summed E-state index contributed by atoms with van der Waals surface area (Å²) in [5, 5.41) is 8.43. The Kier molecular flexibility index (Phi) is 3.72. The van der Waals surface area contributed by atoms with Crippen LogP contribution in [0.5, 0.6) is 0 Å². The summed E-state index contributed by atoms with van der Waals surface area (Å²) in [5.41, 5.74) is 2.81. The zero-order valence-electron chi connectivity index (χ0n) is 14.5. The highest BCUT2D eigenvalue weighted by Crippen LogP contribution is 2.48. The molecule has 1 aromatic heterocycles. The quantitative estimate of drug-likeness (QED) is 0.822. The van der Waals surface area contributed by atoms with Crippen molar-refractivity contribution in [3.8, 4) is 0 Å². The third kappa shape index (κ3) is 2.76. The van der Waals surface area contributed by atoms with Crippen LogP contribution in [0.3, 0.4) is 0 Å². The summed E-state index contributed by atoms with van der Waals surface area (Å²) in [6, 6.07) is 11.9. The van der Waals surface area contributed by atoms with Gasteiger partial charge in [-0.2, -0.15) is 5.10 Å². The van der Waals surface area contributed by atoms with E-state index in [4.69, 9.17) is 0 Å². The molecule has 6 nitrogen and oxygen atoms in total. The van der Waals surface area contributed by atoms with Gasteiger partial charge in [0.25, 0.3) is 0 Å². The summed E-state index contributed by atoms with van der Waals surface area (Å²) in [4.78, 5) is 2.24. The highest BCUT2D eigenvalue weighted by atomic mass is 32.2. The summed E-state index contributed by atoms with van der Waals surface area (Å²) in [5.74, 6) is 0.895. The SMILES string of the molecule is Cc1ccc(N2CCC3(CC2)CN(S(C)(=O)=O)c2ccccc23)nn1. The van der Waals surface area contributed by atoms with Crippen molar-refractivity contribution in [1.82, 2.24) is 10.2 Å². The van der Waals surface area contributed by atoms with Gasteiger partial charge in [-0.05, 0) is 43.5 Å². The molecule has 1 aromatic carbocycles. The van der Waals surface area contributed by atoms with Gasteiger partial charge in [-0.3, -0.25) is 4.31 Å². The van der Waals surface area contributed by atoms with E-state index in [2.05, 4.69) is 21.2 Å². The summed E-state index contributed by atoms with van der Waals surface area (Å²) in [7, 11) is -3.26. The minimum Gasteiger partial charge on any atom is -0.355 e. The maximum absolute atomic E-state index is 12.2. The van der Waals surface area contributed by atoms with E-state index in [9.17, 15) is 8.42 Å². The molecule has 2 aromatic rings. The van der Waals surface area contributed by atoms with Crippen LogP contribution in [-0.4, -0.2) is 44.5 Å². The van der Waals surface area contributed by atoms with Crippen molar-refractivity contribution in [3.05, 3.63) is 47.7 Å². The lowest BCUT2D eigenvalue weighted by Crippen LogP contribution is -2.46. The Morgan fingerprint density at radius 1 is 1.04 bits per heavy atom. The number of benzene rings is 1. The maximum Gasteiger partial charge on any atom is 0.232 e. The second-order valence-electron chi connectivity index (χ2n) is 7.09. The van der Waals surface area contributed by atoms with Crippen molar-refractivity contribution < 1.29 is 8.42 Å². The molecule has 2 aliphatic heterocycles. The van der Waals surface area contributed by atoms with E-state index in [0.29, 0.717) is 6.54 Å². The van der Waals surface area contributed by atoms with Crippen LogP contribution in [0.15, 0.2) is 36.4 Å². The topological polar surface area (TPSA) is 66.4 Å². The third-order valence-corrected chi connectivity index (χ3v) is 6.55. The number of nitrogens with zero attached hydrogens (tertiary/aromatic N) is 4. The number of fused-ring (bicyclic) bond motifs is 2. The predicted molar refractivity (Wildman–Crippen MR) is 98.5 cm³/mol. The molecule has 0 aliphatic carbocycles. The number of aromatic nitrogens is 2. The lowest BCUT2D eigenvalue weighted by Gasteiger charge is -2.40. The van der Waals surface area contributed by atoms with Crippen molar-refractivity contribution >= 4 is 21.5 Å². The monoisotopic (exact) mass is 358 g/mol. The number of hydrogen-bond donors (Lipinski definition) is 0. The molecule has 0 bridgehead atoms. The van der Waals surface area contributed by atoms with Crippen LogP contribution in [0.25, 0.3) is 0 Å². The molecule has 132 valence electrons. The zero-order chi connectivity index (χ0) is 17.7. The molecule has 3 heterocycles. The molecular formula is C18H22N4O2S. The van der Waals surface area contributed by atoms with Gasteiger partial charge in [0.1, 0.15) is 0 Å². The minimum absolute atomic E-state index is 0.103. The van der Waals surface area contributed by atoms with Crippen LogP contribution in [0.1, 0.15) is 24.1 Å². The number of piperidine rings is 1. The second-order valence-corrected chi connectivity index (χ2v) is 8.99. The summed E-state index contributed by atoms with van der Waals surface area (Å²) in [6.45, 7) is 4.17. The fourth-order valence-corrected chi connectivity index (χ4v) is 5.03. The van der Waals surface area contributed by atoms with Gasteiger partial charge in [-0.1, -0.05) is 18.2 Å². The first kappa shape index (κ1) is 16.3. The number of para-hydroxylation sites is 1. The van der Waals surface area contributed by atoms with E-state index in [1.54, 1.807) is 4.31 Å². The fourth-order valence-electron chi connectivity index (χ4n) is 4.03. The molecular weight excluding hydrogens is 336 g/mol. The second kappa shape index (κ2) is 5.69. The summed E-state index contributed by atoms with van der Waals surface area (Å²) < 4.78 is 26.0. The number of hydrogen-bond acceptors (Lipinski definition) is 5. The molecule has 0 amide bonds. The van der Waals surface area contributed by atoms with Gasteiger partial charge in [0, 0.05) is 25.0 Å². The van der Waals surface area contributed by atoms with Gasteiger partial charge in [0.05, 0.1) is 17.6 Å². The predicted octanol–water partition coefficient (Wildman–Crippen LogP) is 2.10. The molecule has 0 saturated carbocycles. The van der Waals surface area contributed by atoms with Crippen molar-refractivity contribution in [2.45, 2.75) is 25.2 Å². The zero-order valence-corrected chi connectivity index (χ0v) is 15.3. The third-order valence-electron chi connectivity index (χ3n) is 5.42. The van der Waals surface area contributed by atoms with Gasteiger partial charge in [0.15, 0.2) is 5.82 Å². The first-order valence-electron chi connectivity index (χ1n) is 8.52. The Balaban J connectivity index is 1.61. The van der Waals surface area contributed by atoms with Crippen LogP contribution in [0.4, 0.5) is 11.5 Å². The Hall–Kier alpha value is -2.15. The summed E-state index contributed by atoms with van der Waals surface area (Å²) >= 11 is 0. The van der Waals surface area contributed by atoms with E-state index in [1.807, 2.05) is 37.3 Å². The standard InChI is InChI=1S/C18H22N4O2S/c1-14-7-8-17(20-19-14)21-11-9-18(10-12-21)13-22(25(2,23)24)16-6-4-3-5-15(16)18/h3-8H,9-13H2,1-2H3. The van der Waals surface area contributed by atoms with Gasteiger partial charge in [-0.25, -0.2) is 8.42 Å². The van der Waals surface area contributed by atoms with Crippen molar-refractivity contribution in [1.29, 1.82) is 0 Å². The minimum atomic E-state index is -3.26. The van der Waals surface area contributed by atoms with E-state index in [1.165, 1.54) is 6.26 Å². The van der Waals surface area contributed by atoms with Gasteiger partial charge < -0.3 is 4.90 Å². The molecule has 0 atom stereocenters. The molecule has 2 aliphatic rings. The van der Waals surface area contributed by atoms with Crippen molar-refractivity contribution in [2.75, 3.05) is 35.1 Å². The Bertz CT molecular complexity index is 888. The number of aryl methyl sites for hydroxylation is 1. The van der Waals surface area contributed by atoms with E-state index < -0.39 is 10.0 Å². The molecule has 0 radical (unpaired) electrons. The van der Waals surface area contributed by atoms with Crippen LogP contribution >= 0.6 is 0 Å². The molecule has 25 heavy (non-hydrogen) atoms. The van der Waals surface area contributed by atoms with E-state index in [0.717, 1.165) is 48.7 Å². The Morgan fingerprint density at radius 2 is 1.76 bits per heavy atom. The lowest BCUT2D eigenvalue weighted by atomic mass is 9.74. The van der Waals surface area contributed by atoms with E-state index in [-0.39, 0.29) is 5.41 Å². The maximum atomic E-state index is 12.2. The molecule has 1 saturated heterocycles. The number of sulfonamides is 1. The van der Waals surface area contributed by atoms with Gasteiger partial charge in [0.2, 0.25) is 10.0 Å². The number of anilines is 2. The highest BCUT2D eigenvalue weighted by Gasteiger charge is 2.47. The van der Waals surface area contributed by atoms with Crippen molar-refractivity contribution in [3.63, 3.8) is 0 Å². The van der Waals surface area contributed by atoms with Crippen LogP contribution in [0, 0.1) is 6.92 Å². The normalized spacial score (nSPS) is 19.3. The van der Waals surface area contributed by atoms with E-state index >= 15 is 0 Å². The van der Waals surface area contributed by atoms with Crippen LogP contribution < -0.4 is 9.21 Å².